The van der Waals surface area contributed by atoms with Crippen LogP contribution in [0.2, 0.25) is 0 Å². The summed E-state index contributed by atoms with van der Waals surface area (Å²) in [5, 5.41) is 7.46. The molecule has 3 aromatic rings. The Balaban J connectivity index is 1.86. The van der Waals surface area contributed by atoms with E-state index < -0.39 is 0 Å². The summed E-state index contributed by atoms with van der Waals surface area (Å²) in [5.41, 5.74) is 7.79. The molecule has 5 nitrogen and oxygen atoms in total. The Bertz CT molecular complexity index is 739. The normalized spacial score (nSPS) is 10.5. The molecule has 2 aromatic carbocycles. The predicted octanol–water partition coefficient (Wildman–Crippen LogP) is 3.41. The van der Waals surface area contributed by atoms with Crippen molar-refractivity contribution < 1.29 is 0 Å². The summed E-state index contributed by atoms with van der Waals surface area (Å²) in [5.74, 6) is 0.877. The monoisotopic (exact) mass is 343 g/mol. The summed E-state index contributed by atoms with van der Waals surface area (Å²) < 4.78 is 2.79. The molecule has 0 saturated heterocycles. The second kappa shape index (κ2) is 5.97. The van der Waals surface area contributed by atoms with E-state index in [0.29, 0.717) is 12.5 Å². The number of para-hydroxylation sites is 1. The number of hydrogen-bond acceptors (Lipinski definition) is 4. The summed E-state index contributed by atoms with van der Waals surface area (Å²) in [6, 6.07) is 17.9. The second-order valence-electron chi connectivity index (χ2n) is 4.57. The van der Waals surface area contributed by atoms with Gasteiger partial charge in [0.1, 0.15) is 0 Å². The van der Waals surface area contributed by atoms with Crippen molar-refractivity contribution in [3.8, 4) is 0 Å². The molecule has 0 bridgehead atoms. The molecule has 106 valence electrons. The van der Waals surface area contributed by atoms with E-state index in [1.165, 1.54) is 0 Å². The van der Waals surface area contributed by atoms with Crippen LogP contribution < -0.4 is 11.1 Å². The number of benzene rings is 2. The summed E-state index contributed by atoms with van der Waals surface area (Å²) in [7, 11) is 0. The van der Waals surface area contributed by atoms with Crippen molar-refractivity contribution in [2.75, 3.05) is 11.1 Å². The maximum Gasteiger partial charge on any atom is 0.241 e. The van der Waals surface area contributed by atoms with Gasteiger partial charge in [-0.15, -0.1) is 5.10 Å². The van der Waals surface area contributed by atoms with Gasteiger partial charge in [0.15, 0.2) is 0 Å². The lowest BCUT2D eigenvalue weighted by molar-refractivity contribution is 0.697. The Kier molecular flexibility index (Phi) is 3.87. The van der Waals surface area contributed by atoms with Crippen molar-refractivity contribution >= 4 is 33.5 Å². The number of hydrogen-bond donors (Lipinski definition) is 2. The molecule has 0 radical (unpaired) electrons. The molecular weight excluding hydrogens is 330 g/mol. The first-order valence-corrected chi connectivity index (χ1v) is 7.27. The Morgan fingerprint density at radius 3 is 2.67 bits per heavy atom. The first-order chi connectivity index (χ1) is 10.2. The third-order valence-electron chi connectivity index (χ3n) is 2.94. The second-order valence-corrected chi connectivity index (χ2v) is 5.49. The van der Waals surface area contributed by atoms with E-state index in [2.05, 4.69) is 31.3 Å². The number of halogens is 1. The lowest BCUT2D eigenvalue weighted by Crippen LogP contribution is -2.07. The molecule has 3 rings (SSSR count). The minimum absolute atomic E-state index is 0.253. The molecule has 3 N–H and O–H groups in total. The maximum absolute atomic E-state index is 5.72. The molecule has 21 heavy (non-hydrogen) atoms. The Morgan fingerprint density at radius 2 is 1.90 bits per heavy atom. The van der Waals surface area contributed by atoms with E-state index in [9.17, 15) is 0 Å². The van der Waals surface area contributed by atoms with Gasteiger partial charge in [-0.05, 0) is 29.8 Å². The van der Waals surface area contributed by atoms with E-state index in [4.69, 9.17) is 5.73 Å². The van der Waals surface area contributed by atoms with Gasteiger partial charge in [0.05, 0.1) is 6.54 Å². The van der Waals surface area contributed by atoms with Gasteiger partial charge in [0.2, 0.25) is 11.9 Å². The average Bonchev–Trinajstić information content (AvgIpc) is 2.80. The van der Waals surface area contributed by atoms with Gasteiger partial charge in [0.25, 0.3) is 0 Å². The highest BCUT2D eigenvalue weighted by Crippen LogP contribution is 2.18. The fourth-order valence-corrected chi connectivity index (χ4v) is 2.47. The van der Waals surface area contributed by atoms with E-state index in [1.807, 2.05) is 54.6 Å². The number of aromatic nitrogens is 3. The predicted molar refractivity (Wildman–Crippen MR) is 87.4 cm³/mol. The van der Waals surface area contributed by atoms with Crippen molar-refractivity contribution in [2.24, 2.45) is 0 Å². The largest absolute Gasteiger partial charge is 0.366 e. The fraction of sp³-hybridized carbons (Fsp3) is 0.0667. The van der Waals surface area contributed by atoms with Crippen molar-refractivity contribution in [2.45, 2.75) is 6.54 Å². The molecule has 0 atom stereocenters. The van der Waals surface area contributed by atoms with E-state index in [1.54, 1.807) is 4.68 Å². The third kappa shape index (κ3) is 3.41. The molecule has 0 saturated carbocycles. The molecule has 0 aliphatic carbocycles. The highest BCUT2D eigenvalue weighted by atomic mass is 79.9. The Labute approximate surface area is 130 Å². The molecule has 1 aromatic heterocycles. The first-order valence-electron chi connectivity index (χ1n) is 6.47. The molecule has 0 amide bonds. The average molecular weight is 344 g/mol. The minimum atomic E-state index is 0.253. The van der Waals surface area contributed by atoms with Crippen molar-refractivity contribution in [3.63, 3.8) is 0 Å². The third-order valence-corrected chi connectivity index (χ3v) is 3.43. The Morgan fingerprint density at radius 1 is 1.10 bits per heavy atom. The topological polar surface area (TPSA) is 68.8 Å². The number of nitrogens with one attached hydrogen (secondary N) is 1. The summed E-state index contributed by atoms with van der Waals surface area (Å²) >= 11 is 3.47. The van der Waals surface area contributed by atoms with Gasteiger partial charge in [-0.3, -0.25) is 0 Å². The van der Waals surface area contributed by atoms with E-state index >= 15 is 0 Å². The number of rotatable bonds is 4. The SMILES string of the molecule is Nc1nc(Nc2ccccc2)n(Cc2cccc(Br)c2)n1. The number of nitrogens with zero attached hydrogens (tertiary/aromatic N) is 3. The fourth-order valence-electron chi connectivity index (χ4n) is 2.02. The van der Waals surface area contributed by atoms with Gasteiger partial charge >= 0.3 is 0 Å². The zero-order valence-electron chi connectivity index (χ0n) is 11.2. The van der Waals surface area contributed by atoms with E-state index in [-0.39, 0.29) is 5.95 Å². The van der Waals surface area contributed by atoms with Gasteiger partial charge < -0.3 is 11.1 Å². The number of nitrogens with two attached hydrogens (primary N) is 1. The molecule has 1 heterocycles. The van der Waals surface area contributed by atoms with Gasteiger partial charge in [-0.25, -0.2) is 4.68 Å². The highest BCUT2D eigenvalue weighted by molar-refractivity contribution is 9.10. The van der Waals surface area contributed by atoms with Crippen LogP contribution in [0, 0.1) is 0 Å². The minimum Gasteiger partial charge on any atom is -0.366 e. The van der Waals surface area contributed by atoms with Crippen LogP contribution >= 0.6 is 15.9 Å². The van der Waals surface area contributed by atoms with Crippen LogP contribution in [-0.2, 0) is 6.54 Å². The smallest absolute Gasteiger partial charge is 0.241 e. The summed E-state index contributed by atoms with van der Waals surface area (Å²) in [6.45, 7) is 0.596. The summed E-state index contributed by atoms with van der Waals surface area (Å²) in [4.78, 5) is 4.23. The first kappa shape index (κ1) is 13.6. The maximum atomic E-state index is 5.72. The Hall–Kier alpha value is -2.34. The van der Waals surface area contributed by atoms with E-state index in [0.717, 1.165) is 15.7 Å². The van der Waals surface area contributed by atoms with Crippen LogP contribution in [0.4, 0.5) is 17.6 Å². The number of anilines is 3. The van der Waals surface area contributed by atoms with Crippen molar-refractivity contribution in [3.05, 3.63) is 64.6 Å². The molecule has 0 aliphatic heterocycles. The quantitative estimate of drug-likeness (QED) is 0.761. The molecule has 0 spiro atoms. The van der Waals surface area contributed by atoms with Crippen LogP contribution in [0.3, 0.4) is 0 Å². The molecule has 0 unspecified atom stereocenters. The van der Waals surface area contributed by atoms with Gasteiger partial charge in [-0.1, -0.05) is 46.3 Å². The summed E-state index contributed by atoms with van der Waals surface area (Å²) in [6.07, 6.45) is 0. The number of nitrogen functional groups attached to an aromatic ring is 1. The van der Waals surface area contributed by atoms with Crippen LogP contribution in [0.5, 0.6) is 0 Å². The zero-order valence-corrected chi connectivity index (χ0v) is 12.8. The molecular formula is C15H14BrN5. The van der Waals surface area contributed by atoms with Crippen LogP contribution in [0.15, 0.2) is 59.1 Å². The van der Waals surface area contributed by atoms with Crippen LogP contribution in [0.1, 0.15) is 5.56 Å². The van der Waals surface area contributed by atoms with Crippen LogP contribution in [-0.4, -0.2) is 14.8 Å². The lowest BCUT2D eigenvalue weighted by atomic mass is 10.2. The molecule has 6 heteroatoms. The van der Waals surface area contributed by atoms with Crippen LogP contribution in [0.25, 0.3) is 0 Å². The standard InChI is InChI=1S/C15H14BrN5/c16-12-6-4-5-11(9-12)10-21-15(19-14(17)20-21)18-13-7-2-1-3-8-13/h1-9H,10H2,(H3,17,18,19,20). The van der Waals surface area contributed by atoms with Crippen molar-refractivity contribution in [1.29, 1.82) is 0 Å². The molecule has 0 fully saturated rings. The lowest BCUT2D eigenvalue weighted by Gasteiger charge is -2.08. The zero-order chi connectivity index (χ0) is 14.7. The highest BCUT2D eigenvalue weighted by Gasteiger charge is 2.09. The molecule has 0 aliphatic rings. The van der Waals surface area contributed by atoms with Gasteiger partial charge in [-0.2, -0.15) is 4.98 Å². The van der Waals surface area contributed by atoms with Gasteiger partial charge in [0, 0.05) is 10.2 Å². The van der Waals surface area contributed by atoms with Crippen molar-refractivity contribution in [1.82, 2.24) is 14.8 Å².